The molecular weight excluding hydrogens is 447 g/mol. The SMILES string of the molecule is COCCC(=O)Nc1cccc(-c2cccc3cc(Cc4cccc(C(F)(F)F)c4)sc23)c1. The number of ether oxygens (including phenoxy) is 1. The van der Waals surface area contributed by atoms with Crippen molar-refractivity contribution < 1.29 is 22.7 Å². The van der Waals surface area contributed by atoms with Crippen LogP contribution < -0.4 is 5.32 Å². The lowest BCUT2D eigenvalue weighted by atomic mass is 10.0. The van der Waals surface area contributed by atoms with E-state index in [-0.39, 0.29) is 12.3 Å². The second-order valence-electron chi connectivity index (χ2n) is 7.68. The van der Waals surface area contributed by atoms with E-state index in [9.17, 15) is 18.0 Å². The molecule has 7 heteroatoms. The summed E-state index contributed by atoms with van der Waals surface area (Å²) in [6.07, 6.45) is -3.65. The van der Waals surface area contributed by atoms with Crippen LogP contribution in [-0.2, 0) is 22.1 Å². The van der Waals surface area contributed by atoms with Crippen LogP contribution in [0, 0.1) is 0 Å². The minimum Gasteiger partial charge on any atom is -0.384 e. The van der Waals surface area contributed by atoms with Gasteiger partial charge >= 0.3 is 6.18 Å². The van der Waals surface area contributed by atoms with Crippen LogP contribution in [0.1, 0.15) is 22.4 Å². The van der Waals surface area contributed by atoms with Crippen LogP contribution in [0.4, 0.5) is 18.9 Å². The number of halogens is 3. The highest BCUT2D eigenvalue weighted by Gasteiger charge is 2.30. The maximum absolute atomic E-state index is 13.1. The molecule has 0 fully saturated rings. The number of hydrogen-bond donors (Lipinski definition) is 1. The van der Waals surface area contributed by atoms with Gasteiger partial charge < -0.3 is 10.1 Å². The second-order valence-corrected chi connectivity index (χ2v) is 8.82. The van der Waals surface area contributed by atoms with E-state index in [4.69, 9.17) is 4.74 Å². The number of carbonyl (C=O) groups excluding carboxylic acids is 1. The fraction of sp³-hybridized carbons (Fsp3) is 0.192. The second kappa shape index (κ2) is 9.77. The number of fused-ring (bicyclic) bond motifs is 1. The summed E-state index contributed by atoms with van der Waals surface area (Å²) in [5.41, 5.74) is 2.66. The normalized spacial score (nSPS) is 11.6. The average Bonchev–Trinajstić information content (AvgIpc) is 3.20. The van der Waals surface area contributed by atoms with Gasteiger partial charge in [0.05, 0.1) is 18.6 Å². The highest BCUT2D eigenvalue weighted by Crippen LogP contribution is 2.37. The lowest BCUT2D eigenvalue weighted by Crippen LogP contribution is -2.13. The molecule has 33 heavy (non-hydrogen) atoms. The first-order chi connectivity index (χ1) is 15.8. The van der Waals surface area contributed by atoms with Crippen molar-refractivity contribution in [2.75, 3.05) is 19.0 Å². The van der Waals surface area contributed by atoms with Crippen LogP contribution >= 0.6 is 11.3 Å². The summed E-state index contributed by atoms with van der Waals surface area (Å²) in [7, 11) is 1.55. The van der Waals surface area contributed by atoms with E-state index >= 15 is 0 Å². The molecule has 1 aromatic heterocycles. The van der Waals surface area contributed by atoms with E-state index in [1.807, 2.05) is 48.5 Å². The molecule has 3 nitrogen and oxygen atoms in total. The molecule has 1 amide bonds. The summed E-state index contributed by atoms with van der Waals surface area (Å²) in [5, 5.41) is 3.92. The highest BCUT2D eigenvalue weighted by atomic mass is 32.1. The molecule has 0 unspecified atom stereocenters. The summed E-state index contributed by atoms with van der Waals surface area (Å²) < 4.78 is 45.2. The van der Waals surface area contributed by atoms with Gasteiger partial charge in [-0.15, -0.1) is 11.3 Å². The van der Waals surface area contributed by atoms with Gasteiger partial charge in [0, 0.05) is 28.8 Å². The Morgan fingerprint density at radius 2 is 1.79 bits per heavy atom. The third-order valence-electron chi connectivity index (χ3n) is 5.22. The topological polar surface area (TPSA) is 38.3 Å². The molecule has 4 rings (SSSR count). The molecule has 0 aliphatic heterocycles. The third kappa shape index (κ3) is 5.61. The monoisotopic (exact) mass is 469 g/mol. The number of amides is 1. The van der Waals surface area contributed by atoms with Gasteiger partial charge in [-0.1, -0.05) is 48.5 Å². The summed E-state index contributed by atoms with van der Waals surface area (Å²) in [4.78, 5) is 13.0. The molecule has 0 bridgehead atoms. The Morgan fingerprint density at radius 1 is 1.00 bits per heavy atom. The molecule has 0 saturated carbocycles. The molecule has 1 N–H and O–H groups in total. The van der Waals surface area contributed by atoms with Crippen LogP contribution in [0.2, 0.25) is 0 Å². The van der Waals surface area contributed by atoms with Gasteiger partial charge in [0.2, 0.25) is 5.91 Å². The molecule has 3 aromatic carbocycles. The van der Waals surface area contributed by atoms with Gasteiger partial charge in [0.15, 0.2) is 0 Å². The van der Waals surface area contributed by atoms with Crippen molar-refractivity contribution in [1.82, 2.24) is 0 Å². The zero-order chi connectivity index (χ0) is 23.4. The van der Waals surface area contributed by atoms with Gasteiger partial charge in [-0.2, -0.15) is 13.2 Å². The fourth-order valence-electron chi connectivity index (χ4n) is 3.67. The van der Waals surface area contributed by atoms with Gasteiger partial charge in [-0.3, -0.25) is 4.79 Å². The van der Waals surface area contributed by atoms with Gasteiger partial charge in [0.25, 0.3) is 0 Å². The number of alkyl halides is 3. The largest absolute Gasteiger partial charge is 0.416 e. The Labute approximate surface area is 193 Å². The number of methoxy groups -OCH3 is 1. The minimum atomic E-state index is -4.35. The third-order valence-corrected chi connectivity index (χ3v) is 6.40. The van der Waals surface area contributed by atoms with Crippen molar-refractivity contribution in [2.45, 2.75) is 19.0 Å². The van der Waals surface area contributed by atoms with Crippen LogP contribution in [-0.4, -0.2) is 19.6 Å². The molecule has 0 aliphatic carbocycles. The van der Waals surface area contributed by atoms with E-state index in [1.54, 1.807) is 24.5 Å². The first-order valence-electron chi connectivity index (χ1n) is 10.4. The molecule has 0 radical (unpaired) electrons. The minimum absolute atomic E-state index is 0.119. The Kier molecular flexibility index (Phi) is 6.81. The van der Waals surface area contributed by atoms with Gasteiger partial charge in [-0.25, -0.2) is 0 Å². The number of nitrogens with one attached hydrogen (secondary N) is 1. The van der Waals surface area contributed by atoms with Crippen molar-refractivity contribution in [3.63, 3.8) is 0 Å². The molecule has 0 spiro atoms. The van der Waals surface area contributed by atoms with E-state index in [0.717, 1.165) is 32.2 Å². The Balaban J connectivity index is 1.61. The standard InChI is InChI=1S/C26H22F3NO2S/c1-32-12-11-24(31)30-21-9-3-6-18(15-21)23-10-4-7-19-16-22(33-25(19)23)14-17-5-2-8-20(13-17)26(27,28)29/h2-10,13,15-16H,11-12,14H2,1H3,(H,30,31). The predicted octanol–water partition coefficient (Wildman–Crippen LogP) is 7.15. The predicted molar refractivity (Wildman–Crippen MR) is 127 cm³/mol. The Morgan fingerprint density at radius 3 is 2.58 bits per heavy atom. The van der Waals surface area contributed by atoms with E-state index < -0.39 is 11.7 Å². The fourth-order valence-corrected chi connectivity index (χ4v) is 4.90. The van der Waals surface area contributed by atoms with Crippen LogP contribution in [0.25, 0.3) is 21.2 Å². The van der Waals surface area contributed by atoms with Crippen molar-refractivity contribution in [2.24, 2.45) is 0 Å². The highest BCUT2D eigenvalue weighted by molar-refractivity contribution is 7.19. The maximum atomic E-state index is 13.1. The molecule has 170 valence electrons. The Bertz CT molecular complexity index is 1280. The molecule has 4 aromatic rings. The smallest absolute Gasteiger partial charge is 0.384 e. The maximum Gasteiger partial charge on any atom is 0.416 e. The zero-order valence-electron chi connectivity index (χ0n) is 17.9. The number of hydrogen-bond acceptors (Lipinski definition) is 3. The molecule has 0 atom stereocenters. The van der Waals surface area contributed by atoms with Gasteiger partial charge in [-0.05, 0) is 46.3 Å². The number of benzene rings is 3. The lowest BCUT2D eigenvalue weighted by molar-refractivity contribution is -0.137. The summed E-state index contributed by atoms with van der Waals surface area (Å²) >= 11 is 1.57. The molecule has 1 heterocycles. The van der Waals surface area contributed by atoms with Crippen molar-refractivity contribution >= 4 is 33.0 Å². The first kappa shape index (κ1) is 23.0. The van der Waals surface area contributed by atoms with E-state index in [1.165, 1.54) is 12.1 Å². The van der Waals surface area contributed by atoms with Crippen molar-refractivity contribution in [3.05, 3.63) is 88.8 Å². The summed E-state index contributed by atoms with van der Waals surface area (Å²) in [6.45, 7) is 0.356. The van der Waals surface area contributed by atoms with Crippen LogP contribution in [0.3, 0.4) is 0 Å². The summed E-state index contributed by atoms with van der Waals surface area (Å²) in [5.74, 6) is -0.119. The summed E-state index contributed by atoms with van der Waals surface area (Å²) in [6, 6.07) is 21.1. The van der Waals surface area contributed by atoms with Crippen LogP contribution in [0.15, 0.2) is 72.8 Å². The van der Waals surface area contributed by atoms with E-state index in [2.05, 4.69) is 5.32 Å². The van der Waals surface area contributed by atoms with E-state index in [0.29, 0.717) is 24.3 Å². The number of anilines is 1. The molecule has 0 aliphatic rings. The number of rotatable bonds is 7. The average molecular weight is 470 g/mol. The van der Waals surface area contributed by atoms with Crippen molar-refractivity contribution in [1.29, 1.82) is 0 Å². The lowest BCUT2D eigenvalue weighted by Gasteiger charge is -2.08. The zero-order valence-corrected chi connectivity index (χ0v) is 18.7. The molecule has 0 saturated heterocycles. The van der Waals surface area contributed by atoms with Gasteiger partial charge in [0.1, 0.15) is 0 Å². The quantitative estimate of drug-likeness (QED) is 0.312. The van der Waals surface area contributed by atoms with Crippen LogP contribution in [0.5, 0.6) is 0 Å². The first-order valence-corrected chi connectivity index (χ1v) is 11.2. The number of carbonyl (C=O) groups is 1. The molecular formula is C26H22F3NO2S. The number of thiophene rings is 1. The van der Waals surface area contributed by atoms with Crippen molar-refractivity contribution in [3.8, 4) is 11.1 Å². The Hall–Kier alpha value is -3.16.